The molecule has 0 aromatic heterocycles. The summed E-state index contributed by atoms with van der Waals surface area (Å²) in [7, 11) is 0. The Morgan fingerprint density at radius 3 is 2.40 bits per heavy atom. The van der Waals surface area contributed by atoms with E-state index in [1.807, 2.05) is 6.92 Å². The second-order valence-electron chi connectivity index (χ2n) is 4.22. The minimum absolute atomic E-state index is 0.0203. The number of benzene rings is 1. The van der Waals surface area contributed by atoms with Gasteiger partial charge in [0.25, 0.3) is 5.69 Å². The molecule has 0 spiro atoms. The zero-order valence-electron chi connectivity index (χ0n) is 10.7. The number of nitrogens with zero attached hydrogens (tertiary/aromatic N) is 1. The summed E-state index contributed by atoms with van der Waals surface area (Å²) in [5.74, 6) is -1.02. The predicted molar refractivity (Wildman–Crippen MR) is 77.7 cm³/mol. The molecule has 0 radical (unpaired) electrons. The Hall–Kier alpha value is -1.53. The molecule has 2 N–H and O–H groups in total. The molecule has 0 heterocycles. The van der Waals surface area contributed by atoms with Crippen LogP contribution in [0.1, 0.15) is 26.2 Å². The number of carboxylic acid groups (broad SMARTS) is 1. The van der Waals surface area contributed by atoms with Crippen LogP contribution in [0.15, 0.2) is 12.1 Å². The third-order valence-electron chi connectivity index (χ3n) is 2.70. The van der Waals surface area contributed by atoms with Crippen LogP contribution in [-0.2, 0) is 4.79 Å². The normalized spacial score (nSPS) is 11.9. The summed E-state index contributed by atoms with van der Waals surface area (Å²) in [5.41, 5.74) is -0.0478. The smallest absolute Gasteiger partial charge is 0.326 e. The maximum atomic E-state index is 11.2. The number of nitrogens with one attached hydrogen (secondary N) is 1. The first kappa shape index (κ1) is 16.5. The van der Waals surface area contributed by atoms with Gasteiger partial charge in [-0.05, 0) is 6.42 Å². The van der Waals surface area contributed by atoms with Crippen molar-refractivity contribution < 1.29 is 14.8 Å². The van der Waals surface area contributed by atoms with Crippen molar-refractivity contribution in [3.8, 4) is 0 Å². The fourth-order valence-corrected chi connectivity index (χ4v) is 2.23. The van der Waals surface area contributed by atoms with Gasteiger partial charge in [0.1, 0.15) is 6.04 Å². The van der Waals surface area contributed by atoms with Crippen LogP contribution < -0.4 is 5.32 Å². The van der Waals surface area contributed by atoms with E-state index in [1.54, 1.807) is 0 Å². The van der Waals surface area contributed by atoms with Crippen LogP contribution in [0.3, 0.4) is 0 Å². The lowest BCUT2D eigenvalue weighted by atomic mass is 10.1. The summed E-state index contributed by atoms with van der Waals surface area (Å²) >= 11 is 11.8. The number of aliphatic carboxylic acids is 1. The van der Waals surface area contributed by atoms with Gasteiger partial charge in [-0.1, -0.05) is 43.0 Å². The molecule has 6 nitrogen and oxygen atoms in total. The quantitative estimate of drug-likeness (QED) is 0.586. The van der Waals surface area contributed by atoms with Crippen LogP contribution in [0.25, 0.3) is 0 Å². The van der Waals surface area contributed by atoms with Gasteiger partial charge in [-0.3, -0.25) is 10.1 Å². The highest BCUT2D eigenvalue weighted by Crippen LogP contribution is 2.35. The second kappa shape index (κ2) is 7.31. The number of hydrogen-bond donors (Lipinski definition) is 2. The van der Waals surface area contributed by atoms with Gasteiger partial charge in [-0.25, -0.2) is 4.79 Å². The van der Waals surface area contributed by atoms with Crippen molar-refractivity contribution in [2.75, 3.05) is 5.32 Å². The zero-order valence-corrected chi connectivity index (χ0v) is 12.2. The van der Waals surface area contributed by atoms with Gasteiger partial charge in [-0.2, -0.15) is 0 Å². The number of unbranched alkanes of at least 4 members (excludes halogenated alkanes) is 1. The minimum atomic E-state index is -1.02. The van der Waals surface area contributed by atoms with E-state index in [4.69, 9.17) is 28.3 Å². The first-order valence-corrected chi connectivity index (χ1v) is 6.75. The van der Waals surface area contributed by atoms with E-state index in [9.17, 15) is 14.9 Å². The number of nitro benzene ring substituents is 1. The van der Waals surface area contributed by atoms with Crippen LogP contribution in [-0.4, -0.2) is 22.0 Å². The highest BCUT2D eigenvalue weighted by Gasteiger charge is 2.21. The molecule has 1 unspecified atom stereocenters. The lowest BCUT2D eigenvalue weighted by Crippen LogP contribution is -2.29. The Balaban J connectivity index is 3.01. The molecule has 1 aromatic rings. The predicted octanol–water partition coefficient (Wildman–Crippen LogP) is 3.96. The molecule has 1 rings (SSSR count). The fourth-order valence-electron chi connectivity index (χ4n) is 1.64. The third-order valence-corrected chi connectivity index (χ3v) is 3.30. The molecule has 1 atom stereocenters. The van der Waals surface area contributed by atoms with Gasteiger partial charge in [0, 0.05) is 12.1 Å². The van der Waals surface area contributed by atoms with Crippen LogP contribution >= 0.6 is 23.2 Å². The second-order valence-corrected chi connectivity index (χ2v) is 5.03. The summed E-state index contributed by atoms with van der Waals surface area (Å²) in [5, 5.41) is 22.6. The summed E-state index contributed by atoms with van der Waals surface area (Å²) in [4.78, 5) is 21.2. The lowest BCUT2D eigenvalue weighted by Gasteiger charge is -2.17. The minimum Gasteiger partial charge on any atom is -0.480 e. The van der Waals surface area contributed by atoms with Crippen molar-refractivity contribution in [3.63, 3.8) is 0 Å². The molecular formula is C12H14Cl2N2O4. The Morgan fingerprint density at radius 1 is 1.45 bits per heavy atom. The average molecular weight is 321 g/mol. The molecule has 0 aliphatic heterocycles. The third kappa shape index (κ3) is 4.25. The molecule has 20 heavy (non-hydrogen) atoms. The molecule has 0 saturated carbocycles. The van der Waals surface area contributed by atoms with Crippen LogP contribution in [0.5, 0.6) is 0 Å². The van der Waals surface area contributed by atoms with E-state index in [0.717, 1.165) is 25.0 Å². The molecule has 0 saturated heterocycles. The average Bonchev–Trinajstić information content (AvgIpc) is 2.36. The van der Waals surface area contributed by atoms with Gasteiger partial charge >= 0.3 is 5.97 Å². The summed E-state index contributed by atoms with van der Waals surface area (Å²) in [6.45, 7) is 1.95. The van der Waals surface area contributed by atoms with E-state index >= 15 is 0 Å². The standard InChI is InChI=1S/C12H14Cl2N2O4/c1-2-3-4-10(12(17)18)15-11-8(13)5-7(16(19)20)6-9(11)14/h5-6,10,15H,2-4H2,1H3,(H,17,18). The molecule has 110 valence electrons. The molecule has 0 bridgehead atoms. The van der Waals surface area contributed by atoms with Crippen LogP contribution in [0.2, 0.25) is 10.0 Å². The van der Waals surface area contributed by atoms with E-state index in [2.05, 4.69) is 5.32 Å². The number of carbonyl (C=O) groups is 1. The SMILES string of the molecule is CCCCC(Nc1c(Cl)cc([N+](=O)[O-])cc1Cl)C(=O)O. The van der Waals surface area contributed by atoms with Crippen molar-refractivity contribution >= 4 is 40.5 Å². The van der Waals surface area contributed by atoms with Crippen LogP contribution in [0.4, 0.5) is 11.4 Å². The van der Waals surface area contributed by atoms with Crippen LogP contribution in [0, 0.1) is 10.1 Å². The highest BCUT2D eigenvalue weighted by molar-refractivity contribution is 6.39. The fraction of sp³-hybridized carbons (Fsp3) is 0.417. The number of hydrogen-bond acceptors (Lipinski definition) is 4. The van der Waals surface area contributed by atoms with Gasteiger partial charge in [0.05, 0.1) is 20.7 Å². The van der Waals surface area contributed by atoms with E-state index in [1.165, 1.54) is 0 Å². The molecule has 0 aliphatic carbocycles. The summed E-state index contributed by atoms with van der Waals surface area (Å²) < 4.78 is 0. The first-order chi connectivity index (χ1) is 9.36. The molecule has 1 aromatic carbocycles. The highest BCUT2D eigenvalue weighted by atomic mass is 35.5. The Bertz CT molecular complexity index is 499. The van der Waals surface area contributed by atoms with Crippen molar-refractivity contribution in [1.82, 2.24) is 0 Å². The van der Waals surface area contributed by atoms with Crippen molar-refractivity contribution in [2.24, 2.45) is 0 Å². The maximum Gasteiger partial charge on any atom is 0.326 e. The first-order valence-electron chi connectivity index (χ1n) is 5.99. The van der Waals surface area contributed by atoms with Gasteiger partial charge in [0.15, 0.2) is 0 Å². The summed E-state index contributed by atoms with van der Waals surface area (Å²) in [6.07, 6.45) is 1.99. The number of rotatable bonds is 7. The number of anilines is 1. The molecule has 8 heteroatoms. The number of carboxylic acids is 1. The van der Waals surface area contributed by atoms with Crippen molar-refractivity contribution in [2.45, 2.75) is 32.2 Å². The maximum absolute atomic E-state index is 11.2. The molecule has 0 aliphatic rings. The van der Waals surface area contributed by atoms with Gasteiger partial charge in [0.2, 0.25) is 0 Å². The van der Waals surface area contributed by atoms with E-state index < -0.39 is 16.9 Å². The molecule has 0 fully saturated rings. The number of halogens is 2. The van der Waals surface area contributed by atoms with Crippen molar-refractivity contribution in [3.05, 3.63) is 32.3 Å². The molecular weight excluding hydrogens is 307 g/mol. The largest absolute Gasteiger partial charge is 0.480 e. The summed E-state index contributed by atoms with van der Waals surface area (Å²) in [6, 6.07) is 1.43. The Kier molecular flexibility index (Phi) is 6.04. The topological polar surface area (TPSA) is 92.5 Å². The molecule has 0 amide bonds. The lowest BCUT2D eigenvalue weighted by molar-refractivity contribution is -0.384. The number of nitro groups is 1. The van der Waals surface area contributed by atoms with E-state index in [-0.39, 0.29) is 21.4 Å². The Labute approximate surface area is 125 Å². The van der Waals surface area contributed by atoms with E-state index in [0.29, 0.717) is 6.42 Å². The number of non-ortho nitro benzene ring substituents is 1. The van der Waals surface area contributed by atoms with Gasteiger partial charge in [-0.15, -0.1) is 0 Å². The van der Waals surface area contributed by atoms with Gasteiger partial charge < -0.3 is 10.4 Å². The zero-order chi connectivity index (χ0) is 15.3. The van der Waals surface area contributed by atoms with Crippen molar-refractivity contribution in [1.29, 1.82) is 0 Å². The Morgan fingerprint density at radius 2 is 2.00 bits per heavy atom. The monoisotopic (exact) mass is 320 g/mol.